The van der Waals surface area contributed by atoms with Gasteiger partial charge in [-0.15, -0.1) is 0 Å². The molecule has 0 aromatic heterocycles. The first-order chi connectivity index (χ1) is 10.2. The lowest BCUT2D eigenvalue weighted by Crippen LogP contribution is -2.42. The van der Waals surface area contributed by atoms with Gasteiger partial charge in [0.15, 0.2) is 0 Å². The Morgan fingerprint density at radius 3 is 2.57 bits per heavy atom. The lowest BCUT2D eigenvalue weighted by molar-refractivity contribution is 0.114. The minimum absolute atomic E-state index is 0.238. The van der Waals surface area contributed by atoms with Crippen LogP contribution in [0.5, 0.6) is 5.75 Å². The van der Waals surface area contributed by atoms with Crippen LogP contribution < -0.4 is 10.5 Å². The molecule has 1 aromatic rings. The Hall–Kier alpha value is -0.770. The van der Waals surface area contributed by atoms with Gasteiger partial charge in [0, 0.05) is 18.6 Å². The molecule has 0 amide bonds. The molecule has 21 heavy (non-hydrogen) atoms. The Kier molecular flexibility index (Phi) is 6.34. The zero-order valence-corrected chi connectivity index (χ0v) is 13.9. The van der Waals surface area contributed by atoms with Crippen LogP contribution in [-0.4, -0.2) is 31.1 Å². The van der Waals surface area contributed by atoms with Crippen LogP contribution in [0.1, 0.15) is 50.6 Å². The summed E-state index contributed by atoms with van der Waals surface area (Å²) in [4.78, 5) is 2.55. The summed E-state index contributed by atoms with van der Waals surface area (Å²) in [6.07, 6.45) is 6.61. The highest BCUT2D eigenvalue weighted by molar-refractivity contribution is 6.32. The van der Waals surface area contributed by atoms with E-state index in [2.05, 4.69) is 17.9 Å². The summed E-state index contributed by atoms with van der Waals surface area (Å²) in [5.74, 6) is 0.719. The average Bonchev–Trinajstić information content (AvgIpc) is 2.53. The third-order valence-electron chi connectivity index (χ3n) is 4.59. The highest BCUT2D eigenvalue weighted by atomic mass is 35.5. The number of hydrogen-bond acceptors (Lipinski definition) is 3. The largest absolute Gasteiger partial charge is 0.495 e. The summed E-state index contributed by atoms with van der Waals surface area (Å²) in [7, 11) is 1.64. The molecule has 1 aliphatic rings. The maximum atomic E-state index is 6.28. The number of benzene rings is 1. The molecule has 1 saturated carbocycles. The number of likely N-dealkylation sites (N-methyl/N-ethyl adjacent to an activating group) is 1. The van der Waals surface area contributed by atoms with E-state index in [9.17, 15) is 0 Å². The van der Waals surface area contributed by atoms with E-state index in [1.54, 1.807) is 7.11 Å². The van der Waals surface area contributed by atoms with Crippen molar-refractivity contribution >= 4 is 11.6 Å². The van der Waals surface area contributed by atoms with Crippen molar-refractivity contribution in [3.8, 4) is 5.75 Å². The van der Waals surface area contributed by atoms with Crippen LogP contribution in [0.3, 0.4) is 0 Å². The van der Waals surface area contributed by atoms with Gasteiger partial charge in [-0.1, -0.05) is 43.9 Å². The van der Waals surface area contributed by atoms with Crippen LogP contribution in [0.25, 0.3) is 0 Å². The van der Waals surface area contributed by atoms with Crippen molar-refractivity contribution in [2.45, 2.75) is 51.1 Å². The summed E-state index contributed by atoms with van der Waals surface area (Å²) in [5, 5.41) is 0.660. The Labute approximate surface area is 133 Å². The molecule has 2 rings (SSSR count). The number of nitrogens with two attached hydrogens (primary N) is 1. The molecule has 1 aromatic carbocycles. The Morgan fingerprint density at radius 1 is 1.33 bits per heavy atom. The van der Waals surface area contributed by atoms with Gasteiger partial charge in [0.1, 0.15) is 5.75 Å². The molecule has 118 valence electrons. The number of halogens is 1. The Balaban J connectivity index is 2.21. The molecule has 0 aliphatic heterocycles. The summed E-state index contributed by atoms with van der Waals surface area (Å²) in [6, 6.07) is 6.92. The fraction of sp³-hybridized carbons (Fsp3) is 0.647. The molecular weight excluding hydrogens is 284 g/mol. The molecule has 0 heterocycles. The molecule has 0 saturated heterocycles. The van der Waals surface area contributed by atoms with E-state index in [-0.39, 0.29) is 6.04 Å². The van der Waals surface area contributed by atoms with Crippen LogP contribution >= 0.6 is 11.6 Å². The second-order valence-electron chi connectivity index (χ2n) is 5.77. The molecule has 1 unspecified atom stereocenters. The van der Waals surface area contributed by atoms with Crippen molar-refractivity contribution in [1.29, 1.82) is 0 Å². The molecule has 2 N–H and O–H groups in total. The van der Waals surface area contributed by atoms with E-state index in [1.165, 1.54) is 37.7 Å². The van der Waals surface area contributed by atoms with Crippen LogP contribution in [-0.2, 0) is 0 Å². The monoisotopic (exact) mass is 310 g/mol. The van der Waals surface area contributed by atoms with E-state index < -0.39 is 0 Å². The Bertz CT molecular complexity index is 446. The Morgan fingerprint density at radius 2 is 2.05 bits per heavy atom. The van der Waals surface area contributed by atoms with Gasteiger partial charge in [-0.3, -0.25) is 4.90 Å². The van der Waals surface area contributed by atoms with E-state index in [1.807, 2.05) is 12.1 Å². The van der Waals surface area contributed by atoms with Gasteiger partial charge >= 0.3 is 0 Å². The van der Waals surface area contributed by atoms with Crippen molar-refractivity contribution in [3.05, 3.63) is 28.8 Å². The molecule has 0 spiro atoms. The van der Waals surface area contributed by atoms with Crippen LogP contribution in [0.4, 0.5) is 0 Å². The lowest BCUT2D eigenvalue weighted by Gasteiger charge is -2.39. The van der Waals surface area contributed by atoms with Gasteiger partial charge in [-0.25, -0.2) is 0 Å². The molecular formula is C17H27ClN2O. The maximum Gasteiger partial charge on any atom is 0.137 e. The van der Waals surface area contributed by atoms with Crippen LogP contribution in [0.2, 0.25) is 5.02 Å². The van der Waals surface area contributed by atoms with Crippen LogP contribution in [0, 0.1) is 0 Å². The third kappa shape index (κ3) is 3.91. The first-order valence-electron chi connectivity index (χ1n) is 8.00. The van der Waals surface area contributed by atoms with Gasteiger partial charge < -0.3 is 10.5 Å². The van der Waals surface area contributed by atoms with E-state index in [0.717, 1.165) is 12.3 Å². The minimum atomic E-state index is 0.238. The van der Waals surface area contributed by atoms with Gasteiger partial charge in [0.2, 0.25) is 0 Å². The van der Waals surface area contributed by atoms with E-state index in [0.29, 0.717) is 17.6 Å². The molecule has 1 aliphatic carbocycles. The van der Waals surface area contributed by atoms with Gasteiger partial charge in [-0.05, 0) is 37.1 Å². The van der Waals surface area contributed by atoms with Crippen molar-refractivity contribution in [2.75, 3.05) is 20.2 Å². The first-order valence-corrected chi connectivity index (χ1v) is 8.38. The molecule has 1 atom stereocenters. The highest BCUT2D eigenvalue weighted by Gasteiger charge is 2.27. The van der Waals surface area contributed by atoms with Gasteiger partial charge in [0.05, 0.1) is 12.1 Å². The quantitative estimate of drug-likeness (QED) is 0.863. The predicted octanol–water partition coefficient (Wildman–Crippen LogP) is 4.00. The molecule has 0 radical (unpaired) electrons. The number of hydrogen-bond donors (Lipinski definition) is 1. The molecule has 0 bridgehead atoms. The van der Waals surface area contributed by atoms with Crippen LogP contribution in [0.15, 0.2) is 18.2 Å². The lowest BCUT2D eigenvalue weighted by atomic mass is 9.92. The molecule has 4 heteroatoms. The molecule has 3 nitrogen and oxygen atoms in total. The van der Waals surface area contributed by atoms with Crippen molar-refractivity contribution < 1.29 is 4.74 Å². The molecule has 1 fully saturated rings. The van der Waals surface area contributed by atoms with Gasteiger partial charge in [0.25, 0.3) is 0 Å². The summed E-state index contributed by atoms with van der Waals surface area (Å²) < 4.78 is 5.24. The minimum Gasteiger partial charge on any atom is -0.495 e. The van der Waals surface area contributed by atoms with Gasteiger partial charge in [-0.2, -0.15) is 0 Å². The average molecular weight is 311 g/mol. The normalized spacial score (nSPS) is 18.0. The zero-order chi connectivity index (χ0) is 15.2. The highest BCUT2D eigenvalue weighted by Crippen LogP contribution is 2.33. The smallest absolute Gasteiger partial charge is 0.137 e. The van der Waals surface area contributed by atoms with Crippen molar-refractivity contribution in [3.63, 3.8) is 0 Å². The summed E-state index contributed by atoms with van der Waals surface area (Å²) in [6.45, 7) is 3.87. The fourth-order valence-corrected chi connectivity index (χ4v) is 3.76. The second kappa shape index (κ2) is 8.02. The first kappa shape index (κ1) is 16.6. The SMILES string of the molecule is CCN(C1CCCCC1)C(CN)c1ccc(OC)c(Cl)c1. The maximum absolute atomic E-state index is 6.28. The number of rotatable bonds is 6. The second-order valence-corrected chi connectivity index (χ2v) is 6.17. The summed E-state index contributed by atoms with van der Waals surface area (Å²) in [5.41, 5.74) is 7.28. The fourth-order valence-electron chi connectivity index (χ4n) is 3.50. The topological polar surface area (TPSA) is 38.5 Å². The van der Waals surface area contributed by atoms with E-state index >= 15 is 0 Å². The number of nitrogens with zero attached hydrogens (tertiary/aromatic N) is 1. The zero-order valence-electron chi connectivity index (χ0n) is 13.1. The third-order valence-corrected chi connectivity index (χ3v) is 4.89. The van der Waals surface area contributed by atoms with E-state index in [4.69, 9.17) is 22.1 Å². The van der Waals surface area contributed by atoms with Crippen molar-refractivity contribution in [1.82, 2.24) is 4.90 Å². The number of methoxy groups -OCH3 is 1. The van der Waals surface area contributed by atoms with Crippen molar-refractivity contribution in [2.24, 2.45) is 5.73 Å². The number of ether oxygens (including phenoxy) is 1. The summed E-state index contributed by atoms with van der Waals surface area (Å²) >= 11 is 6.28. The predicted molar refractivity (Wildman–Crippen MR) is 89.1 cm³/mol. The standard InChI is InChI=1S/C17H27ClN2O/c1-3-20(14-7-5-4-6-8-14)16(12-19)13-9-10-17(21-2)15(18)11-13/h9-11,14,16H,3-8,12,19H2,1-2H3.